The van der Waals surface area contributed by atoms with Crippen molar-refractivity contribution in [3.05, 3.63) is 64.5 Å². The van der Waals surface area contributed by atoms with Crippen LogP contribution in [0.3, 0.4) is 0 Å². The Labute approximate surface area is 159 Å². The maximum absolute atomic E-state index is 14.3. The van der Waals surface area contributed by atoms with Crippen LogP contribution in [0.25, 0.3) is 21.1 Å². The van der Waals surface area contributed by atoms with Gasteiger partial charge in [0.2, 0.25) is 0 Å². The Balaban J connectivity index is 1.64. The van der Waals surface area contributed by atoms with Gasteiger partial charge in [-0.15, -0.1) is 11.3 Å². The monoisotopic (exact) mass is 383 g/mol. The minimum atomic E-state index is -0.342. The summed E-state index contributed by atoms with van der Waals surface area (Å²) in [6.45, 7) is 0.461. The van der Waals surface area contributed by atoms with Crippen molar-refractivity contribution in [2.75, 3.05) is 7.11 Å². The quantitative estimate of drug-likeness (QED) is 0.567. The number of ether oxygens (including phenoxy) is 1. The fraction of sp³-hybridized carbons (Fsp3) is 0.200. The molecule has 5 nitrogen and oxygen atoms in total. The number of methoxy groups -OCH3 is 1. The topological polar surface area (TPSA) is 56.1 Å². The minimum absolute atomic E-state index is 0.177. The molecule has 0 spiro atoms. The highest BCUT2D eigenvalue weighted by molar-refractivity contribution is 7.21. The summed E-state index contributed by atoms with van der Waals surface area (Å²) in [7, 11) is 3.45. The van der Waals surface area contributed by atoms with Gasteiger partial charge in [0.05, 0.1) is 29.1 Å². The van der Waals surface area contributed by atoms with Crippen molar-refractivity contribution in [2.45, 2.75) is 13.2 Å². The number of carbonyl (C=O) groups excluding carboxylic acids is 1. The number of nitrogens with zero attached hydrogens (tertiary/aromatic N) is 2. The second kappa shape index (κ2) is 7.09. The number of imidazole rings is 1. The van der Waals surface area contributed by atoms with Gasteiger partial charge in [-0.2, -0.15) is 0 Å². The molecule has 0 atom stereocenters. The fourth-order valence-electron chi connectivity index (χ4n) is 3.23. The number of nitrogens with one attached hydrogen (secondary N) is 1. The molecule has 1 amide bonds. The number of thiophene rings is 1. The standard InChI is InChI=1S/C20H18FN3O2S/c1-24-15-8-4-3-7-14(15)23-17(24)10-22-20(25)19-12(11-26-2)18-13(21)6-5-9-16(18)27-19/h3-9H,10-11H2,1-2H3,(H,22,25). The highest BCUT2D eigenvalue weighted by Gasteiger charge is 2.21. The van der Waals surface area contributed by atoms with Crippen LogP contribution in [0, 0.1) is 5.82 Å². The highest BCUT2D eigenvalue weighted by Crippen LogP contribution is 2.33. The molecule has 0 saturated carbocycles. The van der Waals surface area contributed by atoms with Crippen molar-refractivity contribution in [2.24, 2.45) is 7.05 Å². The molecule has 0 aliphatic heterocycles. The number of halogens is 1. The highest BCUT2D eigenvalue weighted by atomic mass is 32.1. The molecule has 7 heteroatoms. The largest absolute Gasteiger partial charge is 0.380 e. The van der Waals surface area contributed by atoms with Gasteiger partial charge in [0, 0.05) is 29.8 Å². The molecule has 4 rings (SSSR count). The van der Waals surface area contributed by atoms with E-state index in [4.69, 9.17) is 4.74 Å². The summed E-state index contributed by atoms with van der Waals surface area (Å²) in [4.78, 5) is 17.8. The lowest BCUT2D eigenvalue weighted by atomic mass is 10.1. The first-order valence-electron chi connectivity index (χ1n) is 8.47. The number of amides is 1. The SMILES string of the molecule is COCc1c(C(=O)NCc2nc3ccccc3n2C)sc2cccc(F)c12. The van der Waals surface area contributed by atoms with Crippen LogP contribution in [0.1, 0.15) is 21.1 Å². The number of benzene rings is 2. The van der Waals surface area contributed by atoms with Crippen molar-refractivity contribution in [1.82, 2.24) is 14.9 Å². The molecule has 27 heavy (non-hydrogen) atoms. The van der Waals surface area contributed by atoms with Gasteiger partial charge in [-0.05, 0) is 24.3 Å². The second-order valence-corrected chi connectivity index (χ2v) is 7.27. The van der Waals surface area contributed by atoms with Crippen LogP contribution in [-0.2, 0) is 24.9 Å². The predicted octanol–water partition coefficient (Wildman–Crippen LogP) is 4.00. The maximum Gasteiger partial charge on any atom is 0.262 e. The van der Waals surface area contributed by atoms with Crippen LogP contribution < -0.4 is 5.32 Å². The molecule has 0 saturated heterocycles. The lowest BCUT2D eigenvalue weighted by Gasteiger charge is -2.07. The number of fused-ring (bicyclic) bond motifs is 2. The predicted molar refractivity (Wildman–Crippen MR) is 104 cm³/mol. The summed E-state index contributed by atoms with van der Waals surface area (Å²) >= 11 is 1.27. The number of para-hydroxylation sites is 2. The number of aromatic nitrogens is 2. The summed E-state index contributed by atoms with van der Waals surface area (Å²) in [6.07, 6.45) is 0. The number of aryl methyl sites for hydroxylation is 1. The lowest BCUT2D eigenvalue weighted by molar-refractivity contribution is 0.0949. The van der Waals surface area contributed by atoms with E-state index in [0.717, 1.165) is 21.6 Å². The summed E-state index contributed by atoms with van der Waals surface area (Å²) in [5.41, 5.74) is 2.47. The Hall–Kier alpha value is -2.77. The van der Waals surface area contributed by atoms with E-state index in [9.17, 15) is 9.18 Å². The zero-order chi connectivity index (χ0) is 19.0. The van der Waals surface area contributed by atoms with E-state index in [1.54, 1.807) is 6.07 Å². The van der Waals surface area contributed by atoms with Gasteiger partial charge >= 0.3 is 0 Å². The molecule has 0 radical (unpaired) electrons. The van der Waals surface area contributed by atoms with Crippen molar-refractivity contribution in [3.8, 4) is 0 Å². The number of carbonyl (C=O) groups is 1. The van der Waals surface area contributed by atoms with Gasteiger partial charge in [0.1, 0.15) is 11.6 Å². The first-order chi connectivity index (χ1) is 13.1. The molecule has 0 bridgehead atoms. The van der Waals surface area contributed by atoms with E-state index < -0.39 is 0 Å². The van der Waals surface area contributed by atoms with Gasteiger partial charge in [-0.25, -0.2) is 9.37 Å². The summed E-state index contributed by atoms with van der Waals surface area (Å²) < 4.78 is 22.2. The summed E-state index contributed by atoms with van der Waals surface area (Å²) in [6, 6.07) is 12.7. The third-order valence-corrected chi connectivity index (χ3v) is 5.74. The van der Waals surface area contributed by atoms with Crippen LogP contribution in [0.5, 0.6) is 0 Å². The molecular weight excluding hydrogens is 365 g/mol. The van der Waals surface area contributed by atoms with Gasteiger partial charge in [0.15, 0.2) is 0 Å². The van der Waals surface area contributed by atoms with Crippen molar-refractivity contribution in [1.29, 1.82) is 0 Å². The molecule has 138 valence electrons. The van der Waals surface area contributed by atoms with Crippen LogP contribution in [-0.4, -0.2) is 22.6 Å². The van der Waals surface area contributed by atoms with E-state index in [-0.39, 0.29) is 24.9 Å². The maximum atomic E-state index is 14.3. The zero-order valence-electron chi connectivity index (χ0n) is 15.0. The molecule has 0 fully saturated rings. The molecule has 1 N–H and O–H groups in total. The van der Waals surface area contributed by atoms with E-state index in [1.165, 1.54) is 24.5 Å². The molecule has 0 aliphatic carbocycles. The van der Waals surface area contributed by atoms with Crippen molar-refractivity contribution >= 4 is 38.4 Å². The van der Waals surface area contributed by atoms with Crippen molar-refractivity contribution in [3.63, 3.8) is 0 Å². The molecule has 0 aliphatic rings. The van der Waals surface area contributed by atoms with Gasteiger partial charge in [0.25, 0.3) is 5.91 Å². The molecule has 2 aromatic heterocycles. The van der Waals surface area contributed by atoms with Crippen LogP contribution in [0.15, 0.2) is 42.5 Å². The van der Waals surface area contributed by atoms with Gasteiger partial charge in [-0.3, -0.25) is 4.79 Å². The third kappa shape index (κ3) is 3.09. The van der Waals surface area contributed by atoms with Crippen LogP contribution >= 0.6 is 11.3 Å². The molecule has 2 heterocycles. The Kier molecular flexibility index (Phi) is 4.63. The van der Waals surface area contributed by atoms with E-state index in [1.807, 2.05) is 41.9 Å². The molecule has 2 aromatic carbocycles. The lowest BCUT2D eigenvalue weighted by Crippen LogP contribution is -2.24. The molecule has 0 unspecified atom stereocenters. The first kappa shape index (κ1) is 17.6. The van der Waals surface area contributed by atoms with E-state index in [0.29, 0.717) is 15.8 Å². The van der Waals surface area contributed by atoms with Crippen molar-refractivity contribution < 1.29 is 13.9 Å². The van der Waals surface area contributed by atoms with E-state index >= 15 is 0 Å². The smallest absolute Gasteiger partial charge is 0.262 e. The van der Waals surface area contributed by atoms with Gasteiger partial charge in [-0.1, -0.05) is 18.2 Å². The Morgan fingerprint density at radius 3 is 2.85 bits per heavy atom. The number of rotatable bonds is 5. The van der Waals surface area contributed by atoms with E-state index in [2.05, 4.69) is 10.3 Å². The normalized spacial score (nSPS) is 11.4. The number of hydrogen-bond acceptors (Lipinski definition) is 4. The summed E-state index contributed by atoms with van der Waals surface area (Å²) in [5.74, 6) is 0.157. The van der Waals surface area contributed by atoms with Crippen LogP contribution in [0.4, 0.5) is 4.39 Å². The first-order valence-corrected chi connectivity index (χ1v) is 9.29. The zero-order valence-corrected chi connectivity index (χ0v) is 15.8. The van der Waals surface area contributed by atoms with Crippen LogP contribution in [0.2, 0.25) is 0 Å². The molecular formula is C20H18FN3O2S. The average Bonchev–Trinajstić information content (AvgIpc) is 3.20. The third-order valence-electron chi connectivity index (χ3n) is 4.54. The Morgan fingerprint density at radius 2 is 2.07 bits per heavy atom. The summed E-state index contributed by atoms with van der Waals surface area (Å²) in [5, 5.41) is 3.36. The van der Waals surface area contributed by atoms with Gasteiger partial charge < -0.3 is 14.6 Å². The second-order valence-electron chi connectivity index (χ2n) is 6.21. The fourth-order valence-corrected chi connectivity index (χ4v) is 4.36. The Bertz CT molecular complexity index is 1150. The average molecular weight is 383 g/mol. The minimum Gasteiger partial charge on any atom is -0.380 e. The molecule has 4 aromatic rings. The Morgan fingerprint density at radius 1 is 1.26 bits per heavy atom. The number of hydrogen-bond donors (Lipinski definition) is 1.